The average Bonchev–Trinajstić information content (AvgIpc) is 3.58. The van der Waals surface area contributed by atoms with Gasteiger partial charge in [0.25, 0.3) is 5.91 Å². The zero-order valence-corrected chi connectivity index (χ0v) is 20.9. The Labute approximate surface area is 210 Å². The molecule has 5 rings (SSSR count). The van der Waals surface area contributed by atoms with Crippen LogP contribution in [0.25, 0.3) is 22.2 Å². The predicted molar refractivity (Wildman–Crippen MR) is 141 cm³/mol. The molecule has 1 saturated carbocycles. The van der Waals surface area contributed by atoms with Gasteiger partial charge in [-0.25, -0.2) is 0 Å². The van der Waals surface area contributed by atoms with Gasteiger partial charge in [-0.1, -0.05) is 31.2 Å². The number of methoxy groups -OCH3 is 1. The molecule has 4 aromatic rings. The molecule has 0 aliphatic heterocycles. The molecule has 1 amide bonds. The summed E-state index contributed by atoms with van der Waals surface area (Å²) >= 11 is 0. The molecule has 0 unspecified atom stereocenters. The van der Waals surface area contributed by atoms with Crippen LogP contribution in [0.4, 0.5) is 11.6 Å². The number of carbonyl (C=O) groups excluding carboxylic acids is 1. The highest BCUT2D eigenvalue weighted by Gasteiger charge is 2.23. The summed E-state index contributed by atoms with van der Waals surface area (Å²) in [6.45, 7) is 2.15. The number of aromatic nitrogens is 3. The lowest BCUT2D eigenvalue weighted by Crippen LogP contribution is -2.17. The summed E-state index contributed by atoms with van der Waals surface area (Å²) in [6.07, 6.45) is 7.45. The molecule has 0 atom stereocenters. The lowest BCUT2D eigenvalue weighted by molar-refractivity contribution is 0.0962. The zero-order chi connectivity index (χ0) is 25.1. The number of anilines is 2. The molecular formula is C28H31N5O3. The predicted octanol–water partition coefficient (Wildman–Crippen LogP) is 5.62. The summed E-state index contributed by atoms with van der Waals surface area (Å²) < 4.78 is 12.0. The van der Waals surface area contributed by atoms with Crippen LogP contribution in [0.1, 0.15) is 48.5 Å². The molecule has 186 valence electrons. The van der Waals surface area contributed by atoms with E-state index in [0.717, 1.165) is 48.6 Å². The largest absolute Gasteiger partial charge is 0.495 e. The Morgan fingerprint density at radius 3 is 2.72 bits per heavy atom. The summed E-state index contributed by atoms with van der Waals surface area (Å²) in [7, 11) is 3.16. The molecule has 0 radical (unpaired) electrons. The molecule has 8 heteroatoms. The van der Waals surface area contributed by atoms with Gasteiger partial charge in [-0.3, -0.25) is 4.79 Å². The summed E-state index contributed by atoms with van der Waals surface area (Å²) in [5.74, 6) is 1.28. The fourth-order valence-corrected chi connectivity index (χ4v) is 4.69. The number of H-pyrrole nitrogens is 1. The molecule has 3 N–H and O–H groups in total. The zero-order valence-electron chi connectivity index (χ0n) is 20.9. The minimum absolute atomic E-state index is 0.141. The maximum absolute atomic E-state index is 12.0. The lowest BCUT2D eigenvalue weighted by atomic mass is 10.0. The van der Waals surface area contributed by atoms with Gasteiger partial charge in [-0.15, -0.1) is 0 Å². The first-order valence-electron chi connectivity index (χ1n) is 12.4. The number of aryl methyl sites for hydroxylation is 1. The molecule has 8 nitrogen and oxygen atoms in total. The third-order valence-corrected chi connectivity index (χ3v) is 6.66. The molecule has 36 heavy (non-hydrogen) atoms. The number of benzene rings is 2. The molecule has 1 fully saturated rings. The van der Waals surface area contributed by atoms with E-state index in [9.17, 15) is 4.79 Å². The van der Waals surface area contributed by atoms with Crippen molar-refractivity contribution in [3.8, 4) is 22.8 Å². The molecule has 0 bridgehead atoms. The maximum Gasteiger partial charge on any atom is 0.251 e. The summed E-state index contributed by atoms with van der Waals surface area (Å²) in [5, 5.41) is 6.76. The van der Waals surface area contributed by atoms with Crippen LogP contribution in [0.3, 0.4) is 0 Å². The minimum atomic E-state index is -0.184. The standard InChI is InChI=1S/C28H31N5O3/c1-4-17-8-7-9-18(14-17)21-16-30-25-24(21)27(36-20-10-5-6-11-20)33-28(32-25)31-22-13-12-19(26(34)29-2)15-23(22)35-3/h7-9,12-16,20H,4-6,10-11H2,1-3H3,(H,29,34)(H2,30,31,32,33). The number of rotatable bonds is 8. The van der Waals surface area contributed by atoms with Gasteiger partial charge in [-0.2, -0.15) is 9.97 Å². The summed E-state index contributed by atoms with van der Waals surface area (Å²) in [4.78, 5) is 24.9. The van der Waals surface area contributed by atoms with Crippen molar-refractivity contribution < 1.29 is 14.3 Å². The van der Waals surface area contributed by atoms with E-state index in [2.05, 4.69) is 46.8 Å². The number of ether oxygens (including phenoxy) is 2. The van der Waals surface area contributed by atoms with Crippen LogP contribution in [0.5, 0.6) is 11.6 Å². The smallest absolute Gasteiger partial charge is 0.251 e. The van der Waals surface area contributed by atoms with Gasteiger partial charge in [0.2, 0.25) is 11.8 Å². The Bertz CT molecular complexity index is 1390. The molecule has 2 heterocycles. The van der Waals surface area contributed by atoms with Crippen molar-refractivity contribution in [1.29, 1.82) is 0 Å². The van der Waals surface area contributed by atoms with Crippen LogP contribution < -0.4 is 20.1 Å². The maximum atomic E-state index is 12.0. The second kappa shape index (κ2) is 10.3. The normalized spacial score (nSPS) is 13.6. The first-order valence-corrected chi connectivity index (χ1v) is 12.4. The van der Waals surface area contributed by atoms with E-state index < -0.39 is 0 Å². The third kappa shape index (κ3) is 4.71. The first-order chi connectivity index (χ1) is 17.6. The summed E-state index contributed by atoms with van der Waals surface area (Å²) in [6, 6.07) is 13.7. The van der Waals surface area contributed by atoms with Gasteiger partial charge in [-0.05, 0) is 61.4 Å². The molecule has 0 saturated heterocycles. The number of hydrogen-bond acceptors (Lipinski definition) is 6. The fourth-order valence-electron chi connectivity index (χ4n) is 4.69. The van der Waals surface area contributed by atoms with Crippen molar-refractivity contribution in [3.63, 3.8) is 0 Å². The lowest BCUT2D eigenvalue weighted by Gasteiger charge is -2.16. The van der Waals surface area contributed by atoms with Crippen molar-refractivity contribution >= 4 is 28.6 Å². The Hall–Kier alpha value is -4.07. The van der Waals surface area contributed by atoms with E-state index in [1.165, 1.54) is 5.56 Å². The van der Waals surface area contributed by atoms with E-state index in [1.54, 1.807) is 32.4 Å². The topological polar surface area (TPSA) is 101 Å². The van der Waals surface area contributed by atoms with Crippen molar-refractivity contribution in [2.45, 2.75) is 45.1 Å². The minimum Gasteiger partial charge on any atom is -0.495 e. The fraction of sp³-hybridized carbons (Fsp3) is 0.321. The molecule has 2 aromatic heterocycles. The highest BCUT2D eigenvalue weighted by Crippen LogP contribution is 2.37. The van der Waals surface area contributed by atoms with Crippen LogP contribution in [0.15, 0.2) is 48.7 Å². The molecule has 0 spiro atoms. The number of nitrogens with one attached hydrogen (secondary N) is 3. The highest BCUT2D eigenvalue weighted by atomic mass is 16.5. The van der Waals surface area contributed by atoms with Crippen LogP contribution >= 0.6 is 0 Å². The molecule has 2 aromatic carbocycles. The number of carbonyl (C=O) groups is 1. The third-order valence-electron chi connectivity index (χ3n) is 6.66. The number of hydrogen-bond donors (Lipinski definition) is 3. The van der Waals surface area contributed by atoms with E-state index >= 15 is 0 Å². The average molecular weight is 486 g/mol. The van der Waals surface area contributed by atoms with Crippen LogP contribution in [0.2, 0.25) is 0 Å². The summed E-state index contributed by atoms with van der Waals surface area (Å²) in [5.41, 5.74) is 5.24. The van der Waals surface area contributed by atoms with Gasteiger partial charge in [0.1, 0.15) is 17.5 Å². The molecule has 1 aliphatic carbocycles. The van der Waals surface area contributed by atoms with Crippen molar-refractivity contribution in [1.82, 2.24) is 20.3 Å². The highest BCUT2D eigenvalue weighted by molar-refractivity contribution is 5.98. The SMILES string of the molecule is CCc1cccc(-c2c[nH]c3nc(Nc4ccc(C(=O)NC)cc4OC)nc(OC4CCCC4)c23)c1. The second-order valence-electron chi connectivity index (χ2n) is 8.98. The Morgan fingerprint density at radius 1 is 1.14 bits per heavy atom. The first kappa shape index (κ1) is 23.7. The van der Waals surface area contributed by atoms with Gasteiger partial charge in [0.05, 0.1) is 18.2 Å². The van der Waals surface area contributed by atoms with Crippen LogP contribution in [0, 0.1) is 0 Å². The van der Waals surface area contributed by atoms with E-state index in [-0.39, 0.29) is 12.0 Å². The Morgan fingerprint density at radius 2 is 1.97 bits per heavy atom. The van der Waals surface area contributed by atoms with Gasteiger partial charge in [0.15, 0.2) is 0 Å². The van der Waals surface area contributed by atoms with Gasteiger partial charge < -0.3 is 25.1 Å². The number of aromatic amines is 1. The van der Waals surface area contributed by atoms with Crippen LogP contribution in [-0.4, -0.2) is 41.1 Å². The monoisotopic (exact) mass is 485 g/mol. The Kier molecular flexibility index (Phi) is 6.75. The molecule has 1 aliphatic rings. The molecular weight excluding hydrogens is 454 g/mol. The van der Waals surface area contributed by atoms with E-state index in [0.29, 0.717) is 34.5 Å². The Balaban J connectivity index is 1.56. The number of fused-ring (bicyclic) bond motifs is 1. The van der Waals surface area contributed by atoms with E-state index in [1.807, 2.05) is 6.20 Å². The van der Waals surface area contributed by atoms with E-state index in [4.69, 9.17) is 19.4 Å². The van der Waals surface area contributed by atoms with Crippen molar-refractivity contribution in [2.75, 3.05) is 19.5 Å². The van der Waals surface area contributed by atoms with Gasteiger partial charge >= 0.3 is 0 Å². The quantitative estimate of drug-likeness (QED) is 0.299. The van der Waals surface area contributed by atoms with Gasteiger partial charge in [0, 0.05) is 24.4 Å². The second-order valence-corrected chi connectivity index (χ2v) is 8.98. The van der Waals surface area contributed by atoms with Crippen molar-refractivity contribution in [2.24, 2.45) is 0 Å². The number of amides is 1. The van der Waals surface area contributed by atoms with Crippen LogP contribution in [-0.2, 0) is 6.42 Å². The van der Waals surface area contributed by atoms with Crippen molar-refractivity contribution in [3.05, 3.63) is 59.8 Å². The number of nitrogens with zero attached hydrogens (tertiary/aromatic N) is 2.